The molecule has 0 aromatic heterocycles. The van der Waals surface area contributed by atoms with Crippen LogP contribution in [0, 0.1) is 0 Å². The number of hydrogen-bond acceptors (Lipinski definition) is 3. The number of benzene rings is 2. The molecule has 0 N–H and O–H groups in total. The van der Waals surface area contributed by atoms with Crippen LogP contribution in [0.15, 0.2) is 42.5 Å². The fourth-order valence-electron chi connectivity index (χ4n) is 2.23. The van der Waals surface area contributed by atoms with Gasteiger partial charge in [0, 0.05) is 0 Å². The topological polar surface area (TPSA) is 35.5 Å². The van der Waals surface area contributed by atoms with Crippen molar-refractivity contribution in [3.63, 3.8) is 0 Å². The van der Waals surface area contributed by atoms with Crippen molar-refractivity contribution < 1.29 is 27.4 Å². The summed E-state index contributed by atoms with van der Waals surface area (Å²) in [7, 11) is 1.41. The zero-order valence-corrected chi connectivity index (χ0v) is 12.6. The maximum absolute atomic E-state index is 13.2. The number of methoxy groups -OCH3 is 1. The third-order valence-electron chi connectivity index (χ3n) is 3.24. The largest absolute Gasteiger partial charge is 0.497 e. The number of hydrogen-bond donors (Lipinski definition) is 0. The van der Waals surface area contributed by atoms with Crippen molar-refractivity contribution in [2.75, 3.05) is 13.7 Å². The van der Waals surface area contributed by atoms with E-state index < -0.39 is 17.7 Å². The van der Waals surface area contributed by atoms with Crippen LogP contribution in [0.3, 0.4) is 0 Å². The minimum atomic E-state index is -4.53. The Kier molecular flexibility index (Phi) is 4.93. The quantitative estimate of drug-likeness (QED) is 0.774. The third-order valence-corrected chi connectivity index (χ3v) is 3.24. The van der Waals surface area contributed by atoms with E-state index in [0.29, 0.717) is 5.75 Å². The fourth-order valence-corrected chi connectivity index (χ4v) is 2.23. The average Bonchev–Trinajstić information content (AvgIpc) is 2.53. The molecule has 2 rings (SSSR count). The number of alkyl halides is 3. The van der Waals surface area contributed by atoms with Crippen LogP contribution >= 0.6 is 0 Å². The van der Waals surface area contributed by atoms with Crippen LogP contribution in [-0.4, -0.2) is 19.7 Å². The summed E-state index contributed by atoms with van der Waals surface area (Å²) in [4.78, 5) is 12.1. The van der Waals surface area contributed by atoms with Crippen LogP contribution in [0.4, 0.5) is 13.2 Å². The first-order chi connectivity index (χ1) is 10.9. The Labute approximate surface area is 131 Å². The van der Waals surface area contributed by atoms with Crippen molar-refractivity contribution in [1.82, 2.24) is 0 Å². The van der Waals surface area contributed by atoms with E-state index in [4.69, 9.17) is 9.47 Å². The van der Waals surface area contributed by atoms with Crippen molar-refractivity contribution in [2.24, 2.45) is 0 Å². The van der Waals surface area contributed by atoms with E-state index in [1.807, 2.05) is 0 Å². The molecule has 0 aliphatic carbocycles. The zero-order valence-electron chi connectivity index (χ0n) is 12.6. The summed E-state index contributed by atoms with van der Waals surface area (Å²) in [6, 6.07) is 9.41. The molecular formula is C17H15F3O3. The highest BCUT2D eigenvalue weighted by Gasteiger charge is 2.34. The highest BCUT2D eigenvalue weighted by molar-refractivity contribution is 5.98. The molecule has 0 aliphatic rings. The first kappa shape index (κ1) is 16.9. The monoisotopic (exact) mass is 324 g/mol. The van der Waals surface area contributed by atoms with Gasteiger partial charge in [0.2, 0.25) is 0 Å². The van der Waals surface area contributed by atoms with Crippen molar-refractivity contribution in [3.8, 4) is 16.9 Å². The van der Waals surface area contributed by atoms with Gasteiger partial charge in [0.15, 0.2) is 0 Å². The Morgan fingerprint density at radius 2 is 1.78 bits per heavy atom. The Morgan fingerprint density at radius 1 is 1.09 bits per heavy atom. The van der Waals surface area contributed by atoms with E-state index in [1.165, 1.54) is 43.5 Å². The van der Waals surface area contributed by atoms with Gasteiger partial charge in [0.05, 0.1) is 24.8 Å². The molecule has 122 valence electrons. The molecule has 2 aromatic carbocycles. The van der Waals surface area contributed by atoms with Gasteiger partial charge in [-0.2, -0.15) is 13.2 Å². The molecular weight excluding hydrogens is 309 g/mol. The summed E-state index contributed by atoms with van der Waals surface area (Å²) >= 11 is 0. The smallest absolute Gasteiger partial charge is 0.417 e. The minimum absolute atomic E-state index is 0.0305. The van der Waals surface area contributed by atoms with E-state index in [1.54, 1.807) is 6.92 Å². The lowest BCUT2D eigenvalue weighted by molar-refractivity contribution is -0.137. The highest BCUT2D eigenvalue weighted by Crippen LogP contribution is 2.39. The minimum Gasteiger partial charge on any atom is -0.497 e. The van der Waals surface area contributed by atoms with Crippen molar-refractivity contribution in [2.45, 2.75) is 13.1 Å². The lowest BCUT2D eigenvalue weighted by Crippen LogP contribution is -2.10. The molecule has 6 heteroatoms. The van der Waals surface area contributed by atoms with Crippen molar-refractivity contribution in [3.05, 3.63) is 53.6 Å². The molecule has 2 aromatic rings. The summed E-state index contributed by atoms with van der Waals surface area (Å²) in [6.07, 6.45) is -4.53. The van der Waals surface area contributed by atoms with Gasteiger partial charge in [-0.1, -0.05) is 18.2 Å². The van der Waals surface area contributed by atoms with E-state index >= 15 is 0 Å². The number of carbonyl (C=O) groups is 1. The normalized spacial score (nSPS) is 11.2. The Hall–Kier alpha value is -2.50. The van der Waals surface area contributed by atoms with Gasteiger partial charge in [-0.25, -0.2) is 4.79 Å². The predicted molar refractivity (Wildman–Crippen MR) is 79.4 cm³/mol. The summed E-state index contributed by atoms with van der Waals surface area (Å²) in [5.41, 5.74) is -0.707. The Bertz CT molecular complexity index is 708. The molecule has 23 heavy (non-hydrogen) atoms. The molecule has 0 atom stereocenters. The van der Waals surface area contributed by atoms with Gasteiger partial charge in [-0.05, 0) is 42.3 Å². The predicted octanol–water partition coefficient (Wildman–Crippen LogP) is 4.56. The second kappa shape index (κ2) is 6.73. The molecule has 0 aliphatic heterocycles. The summed E-state index contributed by atoms with van der Waals surface area (Å²) < 4.78 is 49.6. The second-order valence-electron chi connectivity index (χ2n) is 4.68. The lowest BCUT2D eigenvalue weighted by Gasteiger charge is -2.16. The Morgan fingerprint density at radius 3 is 2.39 bits per heavy atom. The number of ether oxygens (including phenoxy) is 2. The van der Waals surface area contributed by atoms with Gasteiger partial charge < -0.3 is 9.47 Å². The van der Waals surface area contributed by atoms with E-state index in [-0.39, 0.29) is 23.3 Å². The van der Waals surface area contributed by atoms with Gasteiger partial charge in [0.25, 0.3) is 0 Å². The number of esters is 1. The van der Waals surface area contributed by atoms with E-state index in [9.17, 15) is 18.0 Å². The first-order valence-electron chi connectivity index (χ1n) is 6.90. The van der Waals surface area contributed by atoms with Crippen LogP contribution in [-0.2, 0) is 10.9 Å². The van der Waals surface area contributed by atoms with Crippen LogP contribution in [0.1, 0.15) is 22.8 Å². The zero-order chi connectivity index (χ0) is 17.0. The SMILES string of the molecule is CCOC(=O)c1cc(OC)ccc1-c1ccccc1C(F)(F)F. The fraction of sp³-hybridized carbons (Fsp3) is 0.235. The first-order valence-corrected chi connectivity index (χ1v) is 6.90. The van der Waals surface area contributed by atoms with Gasteiger partial charge >= 0.3 is 12.1 Å². The molecule has 0 heterocycles. The summed E-state index contributed by atoms with van der Waals surface area (Å²) in [5.74, 6) is -0.334. The van der Waals surface area contributed by atoms with Gasteiger partial charge in [-0.3, -0.25) is 0 Å². The van der Waals surface area contributed by atoms with E-state index in [2.05, 4.69) is 0 Å². The molecule has 0 amide bonds. The lowest BCUT2D eigenvalue weighted by atomic mass is 9.95. The molecule has 0 bridgehead atoms. The highest BCUT2D eigenvalue weighted by atomic mass is 19.4. The van der Waals surface area contributed by atoms with Gasteiger partial charge in [0.1, 0.15) is 5.75 Å². The third kappa shape index (κ3) is 3.64. The van der Waals surface area contributed by atoms with Crippen LogP contribution in [0.5, 0.6) is 5.75 Å². The molecule has 3 nitrogen and oxygen atoms in total. The number of rotatable bonds is 4. The molecule has 0 unspecified atom stereocenters. The summed E-state index contributed by atoms with van der Waals surface area (Å²) in [6.45, 7) is 1.75. The van der Waals surface area contributed by atoms with Crippen LogP contribution in [0.25, 0.3) is 11.1 Å². The van der Waals surface area contributed by atoms with Crippen molar-refractivity contribution >= 4 is 5.97 Å². The number of carbonyl (C=O) groups excluding carboxylic acids is 1. The number of halogens is 3. The molecule has 0 saturated heterocycles. The van der Waals surface area contributed by atoms with Crippen LogP contribution < -0.4 is 4.74 Å². The van der Waals surface area contributed by atoms with Gasteiger partial charge in [-0.15, -0.1) is 0 Å². The molecule has 0 spiro atoms. The van der Waals surface area contributed by atoms with Crippen LogP contribution in [0.2, 0.25) is 0 Å². The maximum atomic E-state index is 13.2. The standard InChI is InChI=1S/C17H15F3O3/c1-3-23-16(21)14-10-11(22-2)8-9-12(14)13-6-4-5-7-15(13)17(18,19)20/h4-10H,3H2,1-2H3. The van der Waals surface area contributed by atoms with Crippen molar-refractivity contribution in [1.29, 1.82) is 0 Å². The molecule has 0 radical (unpaired) electrons. The maximum Gasteiger partial charge on any atom is 0.417 e. The Balaban J connectivity index is 2.67. The average molecular weight is 324 g/mol. The molecule has 0 fully saturated rings. The summed E-state index contributed by atoms with van der Waals surface area (Å²) in [5, 5.41) is 0. The molecule has 0 saturated carbocycles. The van der Waals surface area contributed by atoms with E-state index in [0.717, 1.165) is 6.07 Å². The second-order valence-corrected chi connectivity index (χ2v) is 4.68.